The Morgan fingerprint density at radius 3 is 1.82 bits per heavy atom. The van der Waals surface area contributed by atoms with E-state index in [2.05, 4.69) is 52.0 Å². The number of H-pyrrole nitrogens is 1. The summed E-state index contributed by atoms with van der Waals surface area (Å²) < 4.78 is 12.5. The van der Waals surface area contributed by atoms with Gasteiger partial charge in [0.2, 0.25) is 0 Å². The van der Waals surface area contributed by atoms with E-state index in [4.69, 9.17) is 9.05 Å². The highest BCUT2D eigenvalue weighted by molar-refractivity contribution is 5.94. The maximum absolute atomic E-state index is 12.7. The Hall–Kier alpha value is -6.91. The summed E-state index contributed by atoms with van der Waals surface area (Å²) in [5.74, 6) is -0.525. The largest absolute Gasteiger partial charge is 0.355 e. The van der Waals surface area contributed by atoms with Gasteiger partial charge in [0, 0.05) is 62.2 Å². The number of amides is 4. The first kappa shape index (κ1) is 34.0. The summed E-state index contributed by atoms with van der Waals surface area (Å²) in [5, 5.41) is 28.4. The van der Waals surface area contributed by atoms with Crippen LogP contribution in [0.1, 0.15) is 60.4 Å². The Kier molecular flexibility index (Phi) is 11.0. The highest BCUT2D eigenvalue weighted by Crippen LogP contribution is 2.22. The summed E-state index contributed by atoms with van der Waals surface area (Å²) >= 11 is 0. The van der Waals surface area contributed by atoms with E-state index < -0.39 is 5.91 Å². The summed E-state index contributed by atoms with van der Waals surface area (Å²) in [5.41, 5.74) is 3.21. The molecule has 0 saturated heterocycles. The third kappa shape index (κ3) is 9.17. The molecule has 4 aromatic heterocycles. The zero-order valence-electron chi connectivity index (χ0n) is 27.2. The number of nitrogens with one attached hydrogen (secondary N) is 5. The molecule has 5 N–H and O–H groups in total. The van der Waals surface area contributed by atoms with Gasteiger partial charge in [0.05, 0.1) is 12.5 Å². The summed E-state index contributed by atoms with van der Waals surface area (Å²) in [7, 11) is 0. The monoisotopic (exact) mass is 691 g/mol. The average Bonchev–Trinajstić information content (AvgIpc) is 3.99. The molecule has 0 spiro atoms. The van der Waals surface area contributed by atoms with E-state index in [9.17, 15) is 19.2 Å². The van der Waals surface area contributed by atoms with Crippen molar-refractivity contribution in [3.05, 3.63) is 114 Å². The number of aromatic amines is 1. The van der Waals surface area contributed by atoms with Crippen LogP contribution in [0.3, 0.4) is 0 Å². The lowest BCUT2D eigenvalue weighted by molar-refractivity contribution is 0.0928. The number of aromatic nitrogens is 7. The lowest BCUT2D eigenvalue weighted by atomic mass is 10.1. The van der Waals surface area contributed by atoms with Crippen LogP contribution >= 0.6 is 0 Å². The van der Waals surface area contributed by atoms with Crippen molar-refractivity contribution < 1.29 is 28.2 Å². The molecule has 4 heterocycles. The van der Waals surface area contributed by atoms with Gasteiger partial charge in [-0.25, -0.2) is 4.98 Å². The van der Waals surface area contributed by atoms with E-state index in [1.807, 2.05) is 54.6 Å². The van der Waals surface area contributed by atoms with Gasteiger partial charge < -0.3 is 34.9 Å². The molecule has 0 aliphatic rings. The molecule has 0 saturated carbocycles. The zero-order chi connectivity index (χ0) is 35.4. The second-order valence-corrected chi connectivity index (χ2v) is 11.2. The van der Waals surface area contributed by atoms with E-state index in [-0.39, 0.29) is 40.5 Å². The first-order valence-electron chi connectivity index (χ1n) is 16.0. The predicted octanol–water partition coefficient (Wildman–Crippen LogP) is 2.46. The fourth-order valence-corrected chi connectivity index (χ4v) is 4.89. The first-order valence-corrected chi connectivity index (χ1v) is 16.0. The molecular formula is C34H33N11O6. The SMILES string of the molecule is O=C(NCCCNC(=O)c1cc(-c2ccccc2)on1)c1cn(Cc2cccc(-c3cc(C(=O)NCCCNC(=O)c4cn[nH]n4)no3)c2)cn1. The van der Waals surface area contributed by atoms with E-state index in [1.165, 1.54) is 6.20 Å². The standard InChI is InChI=1S/C34H33N11O6/c46-31(25-16-29(50-42-25)23-8-2-1-3-9-23)35-12-6-14-38-34(49)28-20-45(21-39-28)19-22-7-4-10-24(15-22)30-17-26(43-51-30)32(47)36-11-5-13-37-33(48)27-18-40-44-41-27/h1-4,7-10,15-18,20-21H,5-6,11-14,19H2,(H,35,46)(H,36,47)(H,37,48)(H,38,49)(H,40,41,44). The van der Waals surface area contributed by atoms with Crippen LogP contribution in [-0.2, 0) is 6.54 Å². The van der Waals surface area contributed by atoms with Crippen LogP contribution in [0.5, 0.6) is 0 Å². The van der Waals surface area contributed by atoms with E-state index >= 15 is 0 Å². The fourth-order valence-electron chi connectivity index (χ4n) is 4.89. The van der Waals surface area contributed by atoms with Crippen molar-refractivity contribution in [3.8, 4) is 22.6 Å². The summed E-state index contributed by atoms with van der Waals surface area (Å²) in [4.78, 5) is 53.7. The Labute approximate surface area is 290 Å². The average molecular weight is 692 g/mol. The van der Waals surface area contributed by atoms with E-state index in [0.29, 0.717) is 57.1 Å². The molecule has 17 nitrogen and oxygen atoms in total. The highest BCUT2D eigenvalue weighted by Gasteiger charge is 2.16. The molecule has 0 aliphatic heterocycles. The summed E-state index contributed by atoms with van der Waals surface area (Å²) in [6.45, 7) is 1.77. The van der Waals surface area contributed by atoms with Gasteiger partial charge in [0.1, 0.15) is 5.69 Å². The zero-order valence-corrected chi connectivity index (χ0v) is 27.2. The number of hydrogen-bond acceptors (Lipinski definition) is 11. The Balaban J connectivity index is 0.907. The smallest absolute Gasteiger partial charge is 0.273 e. The van der Waals surface area contributed by atoms with Crippen molar-refractivity contribution in [2.45, 2.75) is 19.4 Å². The number of carbonyl (C=O) groups is 4. The Bertz CT molecular complexity index is 2090. The van der Waals surface area contributed by atoms with Crippen molar-refractivity contribution in [2.24, 2.45) is 0 Å². The van der Waals surface area contributed by atoms with E-state index in [1.54, 1.807) is 29.2 Å². The molecule has 0 unspecified atom stereocenters. The molecule has 260 valence electrons. The van der Waals surface area contributed by atoms with Crippen LogP contribution in [0.25, 0.3) is 22.6 Å². The van der Waals surface area contributed by atoms with Crippen LogP contribution in [0.2, 0.25) is 0 Å². The normalized spacial score (nSPS) is 10.8. The van der Waals surface area contributed by atoms with Crippen molar-refractivity contribution in [1.82, 2.24) is 56.5 Å². The number of nitrogens with zero attached hydrogens (tertiary/aromatic N) is 6. The summed E-state index contributed by atoms with van der Waals surface area (Å²) in [6, 6.07) is 20.0. The van der Waals surface area contributed by atoms with Crippen LogP contribution in [0.15, 0.2) is 94.5 Å². The Morgan fingerprint density at radius 2 is 1.22 bits per heavy atom. The van der Waals surface area contributed by atoms with Gasteiger partial charge in [-0.15, -0.1) is 0 Å². The molecule has 0 fully saturated rings. The molecular weight excluding hydrogens is 658 g/mol. The maximum atomic E-state index is 12.7. The molecule has 0 radical (unpaired) electrons. The van der Waals surface area contributed by atoms with Crippen molar-refractivity contribution in [1.29, 1.82) is 0 Å². The van der Waals surface area contributed by atoms with Crippen molar-refractivity contribution >= 4 is 23.6 Å². The minimum absolute atomic E-state index is 0.127. The topological polar surface area (TPSA) is 228 Å². The van der Waals surface area contributed by atoms with Gasteiger partial charge in [0.25, 0.3) is 23.6 Å². The summed E-state index contributed by atoms with van der Waals surface area (Å²) in [6.07, 6.45) is 5.55. The molecule has 51 heavy (non-hydrogen) atoms. The molecule has 0 atom stereocenters. The van der Waals surface area contributed by atoms with Crippen LogP contribution in [0, 0.1) is 0 Å². The molecule has 6 aromatic rings. The number of carbonyl (C=O) groups excluding carboxylic acids is 4. The molecule has 4 amide bonds. The van der Waals surface area contributed by atoms with Gasteiger partial charge >= 0.3 is 0 Å². The van der Waals surface area contributed by atoms with Gasteiger partial charge in [-0.05, 0) is 24.5 Å². The second-order valence-electron chi connectivity index (χ2n) is 11.2. The Morgan fingerprint density at radius 1 is 0.647 bits per heavy atom. The quantitative estimate of drug-likeness (QED) is 0.0926. The fraction of sp³-hybridized carbons (Fsp3) is 0.206. The predicted molar refractivity (Wildman–Crippen MR) is 180 cm³/mol. The third-order valence-electron chi connectivity index (χ3n) is 7.48. The lowest BCUT2D eigenvalue weighted by Gasteiger charge is -2.05. The van der Waals surface area contributed by atoms with Gasteiger partial charge in [-0.3, -0.25) is 19.2 Å². The van der Waals surface area contributed by atoms with Gasteiger partial charge in [-0.1, -0.05) is 58.8 Å². The maximum Gasteiger partial charge on any atom is 0.273 e. The minimum atomic E-state index is -0.401. The molecule has 0 aliphatic carbocycles. The number of hydrogen-bond donors (Lipinski definition) is 5. The van der Waals surface area contributed by atoms with Crippen LogP contribution in [0.4, 0.5) is 0 Å². The van der Waals surface area contributed by atoms with Crippen LogP contribution < -0.4 is 21.3 Å². The number of imidazole rings is 1. The molecule has 0 bridgehead atoms. The molecule has 2 aromatic carbocycles. The highest BCUT2D eigenvalue weighted by atomic mass is 16.5. The van der Waals surface area contributed by atoms with Crippen LogP contribution in [-0.4, -0.2) is 85.1 Å². The van der Waals surface area contributed by atoms with Gasteiger partial charge in [0.15, 0.2) is 28.6 Å². The van der Waals surface area contributed by atoms with E-state index in [0.717, 1.165) is 16.7 Å². The minimum Gasteiger partial charge on any atom is -0.355 e. The molecule has 6 rings (SSSR count). The van der Waals surface area contributed by atoms with Gasteiger partial charge in [-0.2, -0.15) is 15.4 Å². The molecule has 17 heteroatoms. The first-order chi connectivity index (χ1) is 24.9. The van der Waals surface area contributed by atoms with Crippen molar-refractivity contribution in [3.63, 3.8) is 0 Å². The number of benzene rings is 2. The van der Waals surface area contributed by atoms with Crippen molar-refractivity contribution in [2.75, 3.05) is 26.2 Å². The number of rotatable bonds is 16. The second kappa shape index (κ2) is 16.5. The lowest BCUT2D eigenvalue weighted by Crippen LogP contribution is -2.30. The third-order valence-corrected chi connectivity index (χ3v) is 7.48.